The minimum atomic E-state index is -4.53. The zero-order valence-electron chi connectivity index (χ0n) is 19.7. The molecule has 5 rings (SSSR count). The van der Waals surface area contributed by atoms with E-state index in [2.05, 4.69) is 9.88 Å². The standard InChI is InChI=1S/C27H27ClF3N3OS/c28-23-6-2-1-5-22(23)24-17-36-26(32-24)16-25(35)18-13-19(27(29,30)31)15-21(14-18)34-11-7-20(8-12-34)33-9-3-4-10-33/h1-2,5-6,13-15,17,20H,3-4,7-12,16H2. The lowest BCUT2D eigenvalue weighted by Crippen LogP contribution is -2.44. The minimum absolute atomic E-state index is 0.0626. The number of anilines is 1. The highest BCUT2D eigenvalue weighted by molar-refractivity contribution is 7.10. The second-order valence-corrected chi connectivity index (χ2v) is 10.8. The van der Waals surface area contributed by atoms with E-state index in [1.807, 2.05) is 28.5 Å². The molecule has 2 aliphatic rings. The van der Waals surface area contributed by atoms with E-state index in [-0.39, 0.29) is 17.8 Å². The average molecular weight is 534 g/mol. The van der Waals surface area contributed by atoms with E-state index in [9.17, 15) is 18.0 Å². The number of carbonyl (C=O) groups excluding carboxylic acids is 1. The molecule has 0 N–H and O–H groups in total. The Kier molecular flexibility index (Phi) is 7.37. The molecule has 2 fully saturated rings. The lowest BCUT2D eigenvalue weighted by atomic mass is 9.99. The van der Waals surface area contributed by atoms with Gasteiger partial charge in [-0.3, -0.25) is 4.79 Å². The van der Waals surface area contributed by atoms with Crippen molar-refractivity contribution in [3.8, 4) is 11.3 Å². The van der Waals surface area contributed by atoms with Crippen LogP contribution in [-0.2, 0) is 12.6 Å². The van der Waals surface area contributed by atoms with Gasteiger partial charge in [-0.15, -0.1) is 11.3 Å². The van der Waals surface area contributed by atoms with Gasteiger partial charge in [0.2, 0.25) is 0 Å². The highest BCUT2D eigenvalue weighted by atomic mass is 35.5. The molecule has 0 saturated carbocycles. The van der Waals surface area contributed by atoms with Crippen molar-refractivity contribution in [3.63, 3.8) is 0 Å². The Morgan fingerprint density at radius 1 is 1.06 bits per heavy atom. The normalized spacial score (nSPS) is 17.6. The Morgan fingerprint density at radius 2 is 1.78 bits per heavy atom. The van der Waals surface area contributed by atoms with Crippen molar-refractivity contribution < 1.29 is 18.0 Å². The second-order valence-electron chi connectivity index (χ2n) is 9.43. The number of carbonyl (C=O) groups is 1. The number of benzene rings is 2. The number of hydrogen-bond acceptors (Lipinski definition) is 5. The van der Waals surface area contributed by atoms with Gasteiger partial charge in [0, 0.05) is 46.3 Å². The molecule has 0 spiro atoms. The van der Waals surface area contributed by atoms with E-state index in [1.54, 1.807) is 12.1 Å². The topological polar surface area (TPSA) is 36.4 Å². The van der Waals surface area contributed by atoms with Gasteiger partial charge in [0.1, 0.15) is 5.01 Å². The Morgan fingerprint density at radius 3 is 2.47 bits per heavy atom. The number of aromatic nitrogens is 1. The molecule has 0 radical (unpaired) electrons. The molecule has 3 heterocycles. The number of Topliss-reactive ketones (excluding diaryl/α,β-unsaturated/α-hetero) is 1. The summed E-state index contributed by atoms with van der Waals surface area (Å²) >= 11 is 7.55. The SMILES string of the molecule is O=C(Cc1nc(-c2ccccc2Cl)cs1)c1cc(N2CCC(N3CCCC3)CC2)cc(C(F)(F)F)c1. The largest absolute Gasteiger partial charge is 0.416 e. The highest BCUT2D eigenvalue weighted by Crippen LogP contribution is 2.35. The van der Waals surface area contributed by atoms with Crippen molar-refractivity contribution in [2.24, 2.45) is 0 Å². The van der Waals surface area contributed by atoms with E-state index < -0.39 is 11.7 Å². The molecule has 0 atom stereocenters. The van der Waals surface area contributed by atoms with Crippen LogP contribution in [0, 0.1) is 0 Å². The van der Waals surface area contributed by atoms with Crippen LogP contribution in [0.2, 0.25) is 5.02 Å². The molecule has 36 heavy (non-hydrogen) atoms. The van der Waals surface area contributed by atoms with Gasteiger partial charge in [0.25, 0.3) is 0 Å². The molecule has 2 aromatic carbocycles. The molecular formula is C27H27ClF3N3OS. The van der Waals surface area contributed by atoms with Gasteiger partial charge in [0.05, 0.1) is 17.7 Å². The quantitative estimate of drug-likeness (QED) is 0.320. The van der Waals surface area contributed by atoms with Crippen LogP contribution in [0.5, 0.6) is 0 Å². The smallest absolute Gasteiger partial charge is 0.371 e. The van der Waals surface area contributed by atoms with Gasteiger partial charge in [-0.25, -0.2) is 4.98 Å². The summed E-state index contributed by atoms with van der Waals surface area (Å²) in [6.07, 6.45) is -0.312. The van der Waals surface area contributed by atoms with Crippen LogP contribution in [0.25, 0.3) is 11.3 Å². The third kappa shape index (κ3) is 5.61. The third-order valence-electron chi connectivity index (χ3n) is 7.07. The molecule has 1 aromatic heterocycles. The first-order valence-electron chi connectivity index (χ1n) is 12.2. The summed E-state index contributed by atoms with van der Waals surface area (Å²) in [5.74, 6) is -0.380. The van der Waals surface area contributed by atoms with Crippen LogP contribution >= 0.6 is 22.9 Å². The fraction of sp³-hybridized carbons (Fsp3) is 0.407. The van der Waals surface area contributed by atoms with E-state index >= 15 is 0 Å². The number of piperidine rings is 1. The summed E-state index contributed by atoms with van der Waals surface area (Å²) in [6, 6.07) is 11.5. The van der Waals surface area contributed by atoms with E-state index in [1.165, 1.54) is 30.2 Å². The number of rotatable bonds is 6. The number of likely N-dealkylation sites (tertiary alicyclic amines) is 1. The first-order valence-corrected chi connectivity index (χ1v) is 13.5. The van der Waals surface area contributed by atoms with Crippen molar-refractivity contribution in [3.05, 3.63) is 69.0 Å². The first-order chi connectivity index (χ1) is 17.3. The summed E-state index contributed by atoms with van der Waals surface area (Å²) in [4.78, 5) is 22.1. The van der Waals surface area contributed by atoms with Crippen LogP contribution in [0.15, 0.2) is 47.8 Å². The average Bonchev–Trinajstić information content (AvgIpc) is 3.56. The van der Waals surface area contributed by atoms with Gasteiger partial charge in [0.15, 0.2) is 5.78 Å². The third-order valence-corrected chi connectivity index (χ3v) is 8.25. The summed E-state index contributed by atoms with van der Waals surface area (Å²) in [7, 11) is 0. The predicted octanol–water partition coefficient (Wildman–Crippen LogP) is 6.97. The maximum absolute atomic E-state index is 13.7. The van der Waals surface area contributed by atoms with Crippen LogP contribution in [-0.4, -0.2) is 47.9 Å². The van der Waals surface area contributed by atoms with Gasteiger partial charge in [-0.05, 0) is 63.0 Å². The van der Waals surface area contributed by atoms with Crippen molar-refractivity contribution in [2.45, 2.75) is 44.3 Å². The maximum atomic E-state index is 13.7. The van der Waals surface area contributed by atoms with Crippen LogP contribution in [0.1, 0.15) is 46.6 Å². The molecular weight excluding hydrogens is 507 g/mol. The maximum Gasteiger partial charge on any atom is 0.416 e. The summed E-state index contributed by atoms with van der Waals surface area (Å²) in [5.41, 5.74) is 1.15. The predicted molar refractivity (Wildman–Crippen MR) is 138 cm³/mol. The number of ketones is 1. The van der Waals surface area contributed by atoms with Crippen LogP contribution in [0.3, 0.4) is 0 Å². The highest BCUT2D eigenvalue weighted by Gasteiger charge is 2.33. The van der Waals surface area contributed by atoms with Gasteiger partial charge in [-0.2, -0.15) is 13.2 Å². The molecule has 190 valence electrons. The Hall–Kier alpha value is -2.42. The second kappa shape index (κ2) is 10.5. The summed E-state index contributed by atoms with van der Waals surface area (Å²) in [6.45, 7) is 3.59. The van der Waals surface area contributed by atoms with E-state index in [0.29, 0.717) is 40.5 Å². The number of alkyl halides is 3. The number of thiazole rings is 1. The minimum Gasteiger partial charge on any atom is -0.371 e. The molecule has 0 unspecified atom stereocenters. The molecule has 9 heteroatoms. The van der Waals surface area contributed by atoms with Crippen molar-refractivity contribution in [2.75, 3.05) is 31.1 Å². The zero-order chi connectivity index (χ0) is 25.3. The zero-order valence-corrected chi connectivity index (χ0v) is 21.3. The summed E-state index contributed by atoms with van der Waals surface area (Å²) in [5, 5.41) is 2.91. The lowest BCUT2D eigenvalue weighted by molar-refractivity contribution is -0.137. The van der Waals surface area contributed by atoms with Crippen molar-refractivity contribution in [1.29, 1.82) is 0 Å². The van der Waals surface area contributed by atoms with Crippen molar-refractivity contribution in [1.82, 2.24) is 9.88 Å². The van der Waals surface area contributed by atoms with Crippen LogP contribution in [0.4, 0.5) is 18.9 Å². The first kappa shape index (κ1) is 25.2. The van der Waals surface area contributed by atoms with Gasteiger partial charge in [-0.1, -0.05) is 29.8 Å². The Bertz CT molecular complexity index is 1230. The molecule has 0 aliphatic carbocycles. The number of nitrogens with zero attached hydrogens (tertiary/aromatic N) is 3. The van der Waals surface area contributed by atoms with Gasteiger partial charge >= 0.3 is 6.18 Å². The molecule has 4 nitrogen and oxygen atoms in total. The van der Waals surface area contributed by atoms with E-state index in [4.69, 9.17) is 11.6 Å². The number of hydrogen-bond donors (Lipinski definition) is 0. The summed E-state index contributed by atoms with van der Waals surface area (Å²) < 4.78 is 41.2. The van der Waals surface area contributed by atoms with Crippen LogP contribution < -0.4 is 4.90 Å². The monoisotopic (exact) mass is 533 g/mol. The fourth-order valence-corrected chi connectivity index (χ4v) is 6.16. The molecule has 2 aliphatic heterocycles. The van der Waals surface area contributed by atoms with E-state index in [0.717, 1.165) is 37.6 Å². The van der Waals surface area contributed by atoms with Gasteiger partial charge < -0.3 is 9.80 Å². The van der Waals surface area contributed by atoms with Crippen molar-refractivity contribution >= 4 is 34.4 Å². The Balaban J connectivity index is 1.34. The molecule has 3 aromatic rings. The number of halogens is 4. The molecule has 0 bridgehead atoms. The molecule has 0 amide bonds. The fourth-order valence-electron chi connectivity index (χ4n) is 5.14. The lowest BCUT2D eigenvalue weighted by Gasteiger charge is -2.38. The molecule has 2 saturated heterocycles. The Labute approximate surface area is 217 Å².